The average molecular weight is 503 g/mol. The number of halogens is 1. The maximum Gasteiger partial charge on any atom is 0.328 e. The van der Waals surface area contributed by atoms with E-state index in [1.54, 1.807) is 6.07 Å². The third-order valence-electron chi connectivity index (χ3n) is 5.49. The molecule has 8 nitrogen and oxygen atoms in total. The van der Waals surface area contributed by atoms with E-state index in [-0.39, 0.29) is 5.91 Å². The highest BCUT2D eigenvalue weighted by Crippen LogP contribution is 2.34. The Labute approximate surface area is 207 Å². The number of benzene rings is 1. The quantitative estimate of drug-likeness (QED) is 0.318. The molecule has 3 N–H and O–H groups in total. The highest BCUT2D eigenvalue weighted by Gasteiger charge is 2.21. The van der Waals surface area contributed by atoms with Crippen molar-refractivity contribution in [1.29, 1.82) is 0 Å². The lowest BCUT2D eigenvalue weighted by molar-refractivity contribution is -0.145. The number of hydrogen-bond donors (Lipinski definition) is 2. The van der Waals surface area contributed by atoms with Crippen LogP contribution in [0.2, 0.25) is 5.02 Å². The summed E-state index contributed by atoms with van der Waals surface area (Å²) in [6.07, 6.45) is 1.80. The maximum absolute atomic E-state index is 12.0. The lowest BCUT2D eigenvalue weighted by Gasteiger charge is -2.16. The second-order valence-corrected chi connectivity index (χ2v) is 9.10. The molecular weight excluding hydrogens is 476 g/mol. The number of nitrogens with zero attached hydrogens (tertiary/aromatic N) is 2. The number of carbonyl (C=O) groups is 3. The normalized spacial score (nSPS) is 11.8. The van der Waals surface area contributed by atoms with Crippen LogP contribution in [0, 0.1) is 6.92 Å². The van der Waals surface area contributed by atoms with E-state index in [1.807, 2.05) is 41.1 Å². The van der Waals surface area contributed by atoms with Gasteiger partial charge in [-0.2, -0.15) is 0 Å². The Morgan fingerprint density at radius 2 is 2.00 bits per heavy atom. The van der Waals surface area contributed by atoms with Crippen LogP contribution in [0.1, 0.15) is 42.2 Å². The van der Waals surface area contributed by atoms with Gasteiger partial charge in [0.15, 0.2) is 0 Å². The minimum absolute atomic E-state index is 0.289. The Kier molecular flexibility index (Phi) is 8.46. The molecule has 0 saturated carbocycles. The summed E-state index contributed by atoms with van der Waals surface area (Å²) in [5.74, 6) is -1.27. The second kappa shape index (κ2) is 11.3. The summed E-state index contributed by atoms with van der Waals surface area (Å²) >= 11 is 7.80. The fourth-order valence-electron chi connectivity index (χ4n) is 3.80. The molecule has 0 aliphatic rings. The van der Waals surface area contributed by atoms with E-state index in [9.17, 15) is 14.4 Å². The molecule has 0 bridgehead atoms. The van der Waals surface area contributed by atoms with Gasteiger partial charge in [0, 0.05) is 30.1 Å². The summed E-state index contributed by atoms with van der Waals surface area (Å²) in [6.45, 7) is 3.79. The van der Waals surface area contributed by atoms with Gasteiger partial charge in [0.2, 0.25) is 5.91 Å². The molecule has 1 aromatic carbocycles. The number of nitrogens with two attached hydrogens (primary N) is 1. The van der Waals surface area contributed by atoms with E-state index in [0.717, 1.165) is 27.7 Å². The van der Waals surface area contributed by atoms with Gasteiger partial charge in [-0.1, -0.05) is 29.8 Å². The molecule has 0 spiro atoms. The summed E-state index contributed by atoms with van der Waals surface area (Å²) in [7, 11) is 1.29. The smallest absolute Gasteiger partial charge is 0.328 e. The number of amides is 2. The number of ether oxygens (including phenoxy) is 1. The summed E-state index contributed by atoms with van der Waals surface area (Å²) in [5.41, 5.74) is 9.14. The van der Waals surface area contributed by atoms with Crippen molar-refractivity contribution in [2.24, 2.45) is 5.73 Å². The number of unbranched alkanes of at least 4 members (excludes halogenated alkanes) is 1. The van der Waals surface area contributed by atoms with Crippen LogP contribution in [0.15, 0.2) is 35.7 Å². The van der Waals surface area contributed by atoms with Gasteiger partial charge in [-0.15, -0.1) is 11.3 Å². The van der Waals surface area contributed by atoms with E-state index >= 15 is 0 Å². The zero-order valence-electron chi connectivity index (χ0n) is 19.3. The van der Waals surface area contributed by atoms with E-state index in [1.165, 1.54) is 25.4 Å². The van der Waals surface area contributed by atoms with Gasteiger partial charge < -0.3 is 20.4 Å². The summed E-state index contributed by atoms with van der Waals surface area (Å²) in [5, 5.41) is 5.95. The van der Waals surface area contributed by atoms with Crippen LogP contribution in [0.25, 0.3) is 22.0 Å². The predicted molar refractivity (Wildman–Crippen MR) is 133 cm³/mol. The molecule has 2 heterocycles. The monoisotopic (exact) mass is 502 g/mol. The molecule has 0 aliphatic heterocycles. The van der Waals surface area contributed by atoms with E-state index in [4.69, 9.17) is 27.1 Å². The molecule has 1 unspecified atom stereocenters. The van der Waals surface area contributed by atoms with Crippen LogP contribution in [0.5, 0.6) is 0 Å². The number of esters is 1. The third kappa shape index (κ3) is 5.84. The highest BCUT2D eigenvalue weighted by molar-refractivity contribution is 7.13. The first kappa shape index (κ1) is 25.5. The number of aromatic nitrogens is 2. The van der Waals surface area contributed by atoms with Crippen molar-refractivity contribution in [2.45, 2.75) is 45.7 Å². The SMILES string of the molecule is COC(=O)C(CCCCn1c(-c2csc(-c3ccccc3Cl)n2)cc(C(N)=O)c1C)NC(C)=O. The molecule has 2 aromatic heterocycles. The number of thiazole rings is 1. The van der Waals surface area contributed by atoms with Crippen molar-refractivity contribution < 1.29 is 19.1 Å². The zero-order valence-corrected chi connectivity index (χ0v) is 20.8. The lowest BCUT2D eigenvalue weighted by atomic mass is 10.1. The van der Waals surface area contributed by atoms with Crippen molar-refractivity contribution in [3.63, 3.8) is 0 Å². The Morgan fingerprint density at radius 1 is 1.26 bits per heavy atom. The molecule has 1 atom stereocenters. The predicted octanol–water partition coefficient (Wildman–Crippen LogP) is 4.19. The zero-order chi connectivity index (χ0) is 24.8. The Morgan fingerprint density at radius 3 is 2.65 bits per heavy atom. The number of hydrogen-bond acceptors (Lipinski definition) is 6. The molecule has 2 amide bonds. The Balaban J connectivity index is 1.81. The van der Waals surface area contributed by atoms with Gasteiger partial charge in [0.1, 0.15) is 11.0 Å². The fraction of sp³-hybridized carbons (Fsp3) is 0.333. The minimum Gasteiger partial charge on any atom is -0.467 e. The molecule has 180 valence electrons. The lowest BCUT2D eigenvalue weighted by Crippen LogP contribution is -2.40. The molecule has 0 radical (unpaired) electrons. The van der Waals surface area contributed by atoms with Crippen molar-refractivity contribution in [3.05, 3.63) is 52.0 Å². The topological polar surface area (TPSA) is 116 Å². The van der Waals surface area contributed by atoms with E-state index in [2.05, 4.69) is 5.32 Å². The van der Waals surface area contributed by atoms with Crippen molar-refractivity contribution >= 4 is 40.7 Å². The number of methoxy groups -OCH3 is 1. The first-order valence-electron chi connectivity index (χ1n) is 10.8. The van der Waals surface area contributed by atoms with E-state index in [0.29, 0.717) is 36.4 Å². The molecule has 0 aliphatic carbocycles. The summed E-state index contributed by atoms with van der Waals surface area (Å²) in [4.78, 5) is 40.1. The first-order chi connectivity index (χ1) is 16.2. The highest BCUT2D eigenvalue weighted by atomic mass is 35.5. The molecule has 34 heavy (non-hydrogen) atoms. The molecule has 3 rings (SSSR count). The Hall–Kier alpha value is -3.17. The average Bonchev–Trinajstić information content (AvgIpc) is 3.40. The molecular formula is C24H27ClN4O4S. The minimum atomic E-state index is -0.689. The largest absolute Gasteiger partial charge is 0.467 e. The summed E-state index contributed by atoms with van der Waals surface area (Å²) < 4.78 is 6.79. The van der Waals surface area contributed by atoms with Crippen molar-refractivity contribution in [3.8, 4) is 22.0 Å². The standard InChI is InChI=1S/C24H27ClN4O4S/c1-14-17(22(26)31)12-21(20-13-34-23(28-20)16-8-4-5-9-18(16)25)29(14)11-7-6-10-19(24(32)33-3)27-15(2)30/h4-5,8-9,12-13,19H,6-7,10-11H2,1-3H3,(H2,26,31)(H,27,30). The van der Waals surface area contributed by atoms with Gasteiger partial charge in [0.05, 0.1) is 29.1 Å². The van der Waals surface area contributed by atoms with Gasteiger partial charge in [0.25, 0.3) is 5.91 Å². The number of primary amides is 1. The van der Waals surface area contributed by atoms with Crippen LogP contribution >= 0.6 is 22.9 Å². The maximum atomic E-state index is 12.0. The van der Waals surface area contributed by atoms with Gasteiger partial charge in [-0.05, 0) is 38.3 Å². The van der Waals surface area contributed by atoms with Crippen LogP contribution in [0.3, 0.4) is 0 Å². The molecule has 10 heteroatoms. The van der Waals surface area contributed by atoms with Crippen LogP contribution in [-0.2, 0) is 20.9 Å². The van der Waals surface area contributed by atoms with Crippen molar-refractivity contribution in [1.82, 2.24) is 14.9 Å². The number of carbonyl (C=O) groups excluding carboxylic acids is 3. The van der Waals surface area contributed by atoms with Crippen LogP contribution in [0.4, 0.5) is 0 Å². The fourth-order valence-corrected chi connectivity index (χ4v) is 4.93. The third-order valence-corrected chi connectivity index (χ3v) is 6.70. The van der Waals surface area contributed by atoms with Gasteiger partial charge >= 0.3 is 5.97 Å². The first-order valence-corrected chi connectivity index (χ1v) is 12.0. The molecule has 0 fully saturated rings. The number of nitrogens with one attached hydrogen (secondary N) is 1. The Bertz CT molecular complexity index is 1200. The number of rotatable bonds is 10. The molecule has 0 saturated heterocycles. The van der Waals surface area contributed by atoms with E-state index < -0.39 is 17.9 Å². The molecule has 3 aromatic rings. The van der Waals surface area contributed by atoms with Crippen LogP contribution < -0.4 is 11.1 Å². The van der Waals surface area contributed by atoms with Gasteiger partial charge in [-0.3, -0.25) is 9.59 Å². The van der Waals surface area contributed by atoms with Gasteiger partial charge in [-0.25, -0.2) is 9.78 Å². The van der Waals surface area contributed by atoms with Crippen molar-refractivity contribution in [2.75, 3.05) is 7.11 Å². The second-order valence-electron chi connectivity index (χ2n) is 7.83. The van der Waals surface area contributed by atoms with Crippen LogP contribution in [-0.4, -0.2) is 40.5 Å². The summed E-state index contributed by atoms with van der Waals surface area (Å²) in [6, 6.07) is 8.58.